The third-order valence-corrected chi connectivity index (χ3v) is 5.33. The first-order valence-corrected chi connectivity index (χ1v) is 10.4. The van der Waals surface area contributed by atoms with E-state index in [-0.39, 0.29) is 11.7 Å². The molecule has 0 atom stereocenters. The number of halogens is 1. The maximum absolute atomic E-state index is 12.1. The Labute approximate surface area is 162 Å². The predicted molar refractivity (Wildman–Crippen MR) is 107 cm³/mol. The van der Waals surface area contributed by atoms with Gasteiger partial charge in [0, 0.05) is 20.6 Å². The molecule has 0 bridgehead atoms. The highest BCUT2D eigenvalue weighted by atomic mass is 79.9. The summed E-state index contributed by atoms with van der Waals surface area (Å²) in [5, 5.41) is 3.36. The van der Waals surface area contributed by atoms with Crippen molar-refractivity contribution in [2.45, 2.75) is 10.1 Å². The number of nitrogens with zero attached hydrogens (tertiary/aromatic N) is 1. The van der Waals surface area contributed by atoms with Gasteiger partial charge in [-0.15, -0.1) is 11.8 Å². The Kier molecular flexibility index (Phi) is 6.23. The fourth-order valence-electron chi connectivity index (χ4n) is 2.13. The van der Waals surface area contributed by atoms with E-state index in [2.05, 4.69) is 26.2 Å². The van der Waals surface area contributed by atoms with Crippen molar-refractivity contribution in [3.05, 3.63) is 59.2 Å². The van der Waals surface area contributed by atoms with Crippen molar-refractivity contribution in [1.82, 2.24) is 4.98 Å². The molecule has 0 aliphatic carbocycles. The molecular weight excluding hydrogens is 420 g/mol. The fourth-order valence-corrected chi connectivity index (χ4v) is 3.59. The minimum atomic E-state index is -0.0922. The zero-order chi connectivity index (χ0) is 17.6. The number of nitrogens with one attached hydrogen (secondary N) is 1. The lowest BCUT2D eigenvalue weighted by atomic mass is 10.2. The van der Waals surface area contributed by atoms with Gasteiger partial charge in [-0.25, -0.2) is 4.98 Å². The quantitative estimate of drug-likeness (QED) is 0.514. The largest absolute Gasteiger partial charge is 0.431 e. The summed E-state index contributed by atoms with van der Waals surface area (Å²) < 4.78 is 6.68. The molecule has 0 radical (unpaired) electrons. The molecule has 1 N–H and O–H groups in total. The Balaban J connectivity index is 1.57. The van der Waals surface area contributed by atoms with Crippen molar-refractivity contribution in [3.8, 4) is 11.3 Å². The second-order valence-corrected chi connectivity index (χ2v) is 7.79. The van der Waals surface area contributed by atoms with Crippen molar-refractivity contribution in [3.63, 3.8) is 0 Å². The van der Waals surface area contributed by atoms with E-state index in [1.54, 1.807) is 18.0 Å². The highest BCUT2D eigenvalue weighted by Gasteiger charge is 2.10. The third kappa shape index (κ3) is 5.14. The van der Waals surface area contributed by atoms with E-state index < -0.39 is 0 Å². The van der Waals surface area contributed by atoms with Crippen LogP contribution in [0.25, 0.3) is 11.3 Å². The number of hydrogen-bond acceptors (Lipinski definition) is 5. The van der Waals surface area contributed by atoms with E-state index in [9.17, 15) is 4.79 Å². The molecule has 1 aromatic heterocycles. The highest BCUT2D eigenvalue weighted by molar-refractivity contribution is 9.10. The van der Waals surface area contributed by atoms with Crippen molar-refractivity contribution < 1.29 is 9.21 Å². The van der Waals surface area contributed by atoms with E-state index in [0.717, 1.165) is 20.6 Å². The summed E-state index contributed by atoms with van der Waals surface area (Å²) in [5.41, 5.74) is 1.73. The third-order valence-electron chi connectivity index (χ3n) is 3.27. The van der Waals surface area contributed by atoms with Crippen LogP contribution in [0.4, 0.5) is 5.69 Å². The van der Waals surface area contributed by atoms with Gasteiger partial charge in [0.05, 0.1) is 11.9 Å². The van der Waals surface area contributed by atoms with Crippen LogP contribution in [0.2, 0.25) is 0 Å². The predicted octanol–water partition coefficient (Wildman–Crippen LogP) is 5.56. The summed E-state index contributed by atoms with van der Waals surface area (Å²) in [6.45, 7) is 0. The number of carbonyl (C=O) groups is 1. The standard InChI is InChI=1S/C18H15BrN2O2S2/c1-24-15-7-3-6-14(9-15)21-17(22)11-25-18-20-10-16(23-18)12-4-2-5-13(19)8-12/h2-10H,11H2,1H3,(H,21,22). The molecule has 0 unspecified atom stereocenters. The summed E-state index contributed by atoms with van der Waals surface area (Å²) in [7, 11) is 0. The highest BCUT2D eigenvalue weighted by Crippen LogP contribution is 2.27. The van der Waals surface area contributed by atoms with Crippen LogP contribution in [0.3, 0.4) is 0 Å². The fraction of sp³-hybridized carbons (Fsp3) is 0.111. The van der Waals surface area contributed by atoms with Gasteiger partial charge in [-0.1, -0.05) is 45.9 Å². The van der Waals surface area contributed by atoms with Gasteiger partial charge in [0.2, 0.25) is 5.91 Å². The summed E-state index contributed by atoms with van der Waals surface area (Å²) >= 11 is 6.34. The van der Waals surface area contributed by atoms with Crippen LogP contribution in [0, 0.1) is 0 Å². The number of anilines is 1. The topological polar surface area (TPSA) is 55.1 Å². The number of hydrogen-bond donors (Lipinski definition) is 1. The molecule has 0 aliphatic heterocycles. The number of oxazole rings is 1. The maximum atomic E-state index is 12.1. The summed E-state index contributed by atoms with van der Waals surface area (Å²) in [4.78, 5) is 17.4. The molecular formula is C18H15BrN2O2S2. The van der Waals surface area contributed by atoms with Crippen LogP contribution < -0.4 is 5.32 Å². The first kappa shape index (κ1) is 18.1. The van der Waals surface area contributed by atoms with Crippen LogP contribution >= 0.6 is 39.5 Å². The van der Waals surface area contributed by atoms with Crippen LogP contribution in [-0.4, -0.2) is 22.9 Å². The second kappa shape index (κ2) is 8.60. The number of carbonyl (C=O) groups excluding carboxylic acids is 1. The average molecular weight is 435 g/mol. The number of benzene rings is 2. The smallest absolute Gasteiger partial charge is 0.256 e. The van der Waals surface area contributed by atoms with Crippen molar-refractivity contribution in [2.24, 2.45) is 0 Å². The van der Waals surface area contributed by atoms with E-state index in [1.807, 2.05) is 54.8 Å². The van der Waals surface area contributed by atoms with Gasteiger partial charge in [-0.3, -0.25) is 4.79 Å². The van der Waals surface area contributed by atoms with Gasteiger partial charge in [-0.2, -0.15) is 0 Å². The van der Waals surface area contributed by atoms with E-state index in [4.69, 9.17) is 4.42 Å². The van der Waals surface area contributed by atoms with Gasteiger partial charge in [0.15, 0.2) is 5.76 Å². The second-order valence-electron chi connectivity index (χ2n) is 5.07. The minimum Gasteiger partial charge on any atom is -0.431 e. The van der Waals surface area contributed by atoms with Crippen molar-refractivity contribution in [2.75, 3.05) is 17.3 Å². The summed E-state index contributed by atoms with van der Waals surface area (Å²) in [5.74, 6) is 0.824. The van der Waals surface area contributed by atoms with Crippen LogP contribution in [0.15, 0.2) is 73.7 Å². The SMILES string of the molecule is CSc1cccc(NC(=O)CSc2ncc(-c3cccc(Br)c3)o2)c1. The van der Waals surface area contributed by atoms with Gasteiger partial charge < -0.3 is 9.73 Å². The molecule has 7 heteroatoms. The van der Waals surface area contributed by atoms with Gasteiger partial charge in [-0.05, 0) is 36.6 Å². The van der Waals surface area contributed by atoms with Gasteiger partial charge in [0.25, 0.3) is 5.22 Å². The van der Waals surface area contributed by atoms with Gasteiger partial charge >= 0.3 is 0 Å². The summed E-state index contributed by atoms with van der Waals surface area (Å²) in [6, 6.07) is 15.5. The molecule has 3 rings (SSSR count). The Morgan fingerprint density at radius 2 is 2.08 bits per heavy atom. The molecule has 1 amide bonds. The van der Waals surface area contributed by atoms with Crippen LogP contribution in [0.1, 0.15) is 0 Å². The van der Waals surface area contributed by atoms with Crippen molar-refractivity contribution in [1.29, 1.82) is 0 Å². The Morgan fingerprint density at radius 3 is 2.88 bits per heavy atom. The number of rotatable bonds is 6. The first-order chi connectivity index (χ1) is 12.1. The Morgan fingerprint density at radius 1 is 1.24 bits per heavy atom. The molecule has 3 aromatic rings. The Hall–Kier alpha value is -1.70. The molecule has 25 heavy (non-hydrogen) atoms. The van der Waals surface area contributed by atoms with Crippen molar-refractivity contribution >= 4 is 51.0 Å². The van der Waals surface area contributed by atoms with Crippen LogP contribution in [0.5, 0.6) is 0 Å². The van der Waals surface area contributed by atoms with E-state index >= 15 is 0 Å². The molecule has 4 nitrogen and oxygen atoms in total. The normalized spacial score (nSPS) is 10.6. The zero-order valence-electron chi connectivity index (χ0n) is 13.4. The molecule has 128 valence electrons. The van der Waals surface area contributed by atoms with E-state index in [0.29, 0.717) is 11.0 Å². The Bertz CT molecular complexity index is 883. The first-order valence-electron chi connectivity index (χ1n) is 7.42. The monoisotopic (exact) mass is 434 g/mol. The molecule has 0 saturated heterocycles. The average Bonchev–Trinajstić information content (AvgIpc) is 3.09. The summed E-state index contributed by atoms with van der Waals surface area (Å²) in [6.07, 6.45) is 3.67. The lowest BCUT2D eigenvalue weighted by Gasteiger charge is -2.05. The molecule has 1 heterocycles. The lowest BCUT2D eigenvalue weighted by Crippen LogP contribution is -2.13. The van der Waals surface area contributed by atoms with Gasteiger partial charge in [0.1, 0.15) is 0 Å². The molecule has 0 fully saturated rings. The number of amides is 1. The maximum Gasteiger partial charge on any atom is 0.256 e. The molecule has 2 aromatic carbocycles. The lowest BCUT2D eigenvalue weighted by molar-refractivity contribution is -0.113. The number of thioether (sulfide) groups is 2. The molecule has 0 saturated carbocycles. The molecule has 0 aliphatic rings. The minimum absolute atomic E-state index is 0.0922. The zero-order valence-corrected chi connectivity index (χ0v) is 16.6. The van der Waals surface area contributed by atoms with Crippen LogP contribution in [-0.2, 0) is 4.79 Å². The number of aromatic nitrogens is 1. The molecule has 0 spiro atoms. The van der Waals surface area contributed by atoms with E-state index in [1.165, 1.54) is 11.8 Å².